The van der Waals surface area contributed by atoms with Crippen LogP contribution in [0.2, 0.25) is 0 Å². The van der Waals surface area contributed by atoms with Crippen molar-refractivity contribution >= 4 is 17.0 Å². The van der Waals surface area contributed by atoms with E-state index in [4.69, 9.17) is 14.7 Å². The molecule has 1 N–H and O–H groups in total. The van der Waals surface area contributed by atoms with E-state index in [9.17, 15) is 9.18 Å². The number of carbonyl (C=O) groups excluding carboxylic acids is 1. The van der Waals surface area contributed by atoms with Crippen LogP contribution in [0.4, 0.5) is 4.39 Å². The third-order valence-corrected chi connectivity index (χ3v) is 5.70. The molecule has 2 aromatic heterocycles. The van der Waals surface area contributed by atoms with Gasteiger partial charge in [-0.3, -0.25) is 4.79 Å². The fourth-order valence-corrected chi connectivity index (χ4v) is 3.79. The largest absolute Gasteiger partial charge is 0.469 e. The number of esters is 1. The summed E-state index contributed by atoms with van der Waals surface area (Å²) in [4.78, 5) is 27.3. The van der Waals surface area contributed by atoms with E-state index < -0.39 is 5.82 Å². The highest BCUT2D eigenvalue weighted by Crippen LogP contribution is 2.32. The zero-order valence-corrected chi connectivity index (χ0v) is 17.6. The second-order valence-electron chi connectivity index (χ2n) is 7.81. The SMILES string of the molecule is COC(=O)C1CC(Oc2ncc(-c3ccc(-c4nc5ccc(C#N)cc5[nH]4)c(F)c3)cn2)C1. The quantitative estimate of drug-likeness (QED) is 0.463. The van der Waals surface area contributed by atoms with Gasteiger partial charge in [0.2, 0.25) is 0 Å². The number of aromatic amines is 1. The number of hydrogen-bond acceptors (Lipinski definition) is 7. The molecule has 0 radical (unpaired) electrons. The highest BCUT2D eigenvalue weighted by atomic mass is 19.1. The second kappa shape index (κ2) is 8.31. The number of carbonyl (C=O) groups is 1. The number of H-pyrrole nitrogens is 1. The van der Waals surface area contributed by atoms with Crippen molar-refractivity contribution in [3.8, 4) is 34.6 Å². The predicted octanol–water partition coefficient (Wildman–Crippen LogP) is 4.03. The lowest BCUT2D eigenvalue weighted by Gasteiger charge is -2.32. The van der Waals surface area contributed by atoms with Crippen molar-refractivity contribution < 1.29 is 18.7 Å². The minimum absolute atomic E-state index is 0.121. The first kappa shape index (κ1) is 20.6. The van der Waals surface area contributed by atoms with Crippen LogP contribution in [0, 0.1) is 23.1 Å². The number of nitrogens with zero attached hydrogens (tertiary/aromatic N) is 4. The summed E-state index contributed by atoms with van der Waals surface area (Å²) in [7, 11) is 1.37. The fraction of sp³-hybridized carbons (Fsp3) is 0.208. The van der Waals surface area contributed by atoms with E-state index in [-0.39, 0.29) is 24.0 Å². The maximum Gasteiger partial charge on any atom is 0.316 e. The number of halogens is 1. The molecule has 1 aliphatic carbocycles. The summed E-state index contributed by atoms with van der Waals surface area (Å²) < 4.78 is 25.3. The van der Waals surface area contributed by atoms with Gasteiger partial charge in [-0.2, -0.15) is 5.26 Å². The second-order valence-corrected chi connectivity index (χ2v) is 7.81. The Hall–Kier alpha value is -4.32. The summed E-state index contributed by atoms with van der Waals surface area (Å²) in [6, 6.07) is 12.2. The zero-order chi connectivity index (χ0) is 22.9. The predicted molar refractivity (Wildman–Crippen MR) is 116 cm³/mol. The van der Waals surface area contributed by atoms with E-state index in [1.54, 1.807) is 42.7 Å². The summed E-state index contributed by atoms with van der Waals surface area (Å²) in [5, 5.41) is 9.04. The first-order chi connectivity index (χ1) is 16.0. The van der Waals surface area contributed by atoms with Crippen LogP contribution in [0.3, 0.4) is 0 Å². The lowest BCUT2D eigenvalue weighted by atomic mass is 9.82. The van der Waals surface area contributed by atoms with Gasteiger partial charge in [-0.25, -0.2) is 19.3 Å². The highest BCUT2D eigenvalue weighted by Gasteiger charge is 2.37. The molecular formula is C24H18FN5O3. The van der Waals surface area contributed by atoms with Crippen LogP contribution in [0.5, 0.6) is 6.01 Å². The molecule has 1 saturated carbocycles. The molecule has 0 spiro atoms. The lowest BCUT2D eigenvalue weighted by molar-refractivity contribution is -0.151. The Morgan fingerprint density at radius 1 is 1.15 bits per heavy atom. The monoisotopic (exact) mass is 443 g/mol. The molecule has 8 nitrogen and oxygen atoms in total. The van der Waals surface area contributed by atoms with Crippen molar-refractivity contribution in [3.05, 3.63) is 60.2 Å². The Kier molecular flexibility index (Phi) is 5.18. The fourth-order valence-electron chi connectivity index (χ4n) is 3.79. The van der Waals surface area contributed by atoms with Crippen LogP contribution < -0.4 is 4.74 Å². The average Bonchev–Trinajstić information content (AvgIpc) is 3.23. The summed E-state index contributed by atoms with van der Waals surface area (Å²) in [6.45, 7) is 0. The van der Waals surface area contributed by atoms with Crippen LogP contribution in [0.1, 0.15) is 18.4 Å². The zero-order valence-electron chi connectivity index (χ0n) is 17.6. The van der Waals surface area contributed by atoms with E-state index in [0.717, 1.165) is 0 Å². The van der Waals surface area contributed by atoms with Crippen LogP contribution in [-0.2, 0) is 9.53 Å². The van der Waals surface area contributed by atoms with Gasteiger partial charge in [0.15, 0.2) is 0 Å². The number of nitriles is 1. The molecule has 0 bridgehead atoms. The number of rotatable bonds is 5. The highest BCUT2D eigenvalue weighted by molar-refractivity contribution is 5.81. The molecule has 4 aromatic rings. The van der Waals surface area contributed by atoms with Crippen LogP contribution in [-0.4, -0.2) is 39.1 Å². The van der Waals surface area contributed by atoms with Crippen molar-refractivity contribution in [1.82, 2.24) is 19.9 Å². The summed E-state index contributed by atoms with van der Waals surface area (Å²) in [5.74, 6) is -0.433. The van der Waals surface area contributed by atoms with Crippen LogP contribution in [0.15, 0.2) is 48.8 Å². The molecule has 2 heterocycles. The van der Waals surface area contributed by atoms with Gasteiger partial charge in [0.05, 0.1) is 41.3 Å². The van der Waals surface area contributed by atoms with E-state index in [0.29, 0.717) is 52.0 Å². The number of ether oxygens (including phenoxy) is 2. The molecule has 33 heavy (non-hydrogen) atoms. The summed E-state index contributed by atoms with van der Waals surface area (Å²) in [5.41, 5.74) is 3.39. The molecular weight excluding hydrogens is 425 g/mol. The third kappa shape index (κ3) is 3.99. The Balaban J connectivity index is 1.30. The van der Waals surface area contributed by atoms with Gasteiger partial charge < -0.3 is 14.5 Å². The van der Waals surface area contributed by atoms with Gasteiger partial charge >= 0.3 is 12.0 Å². The number of hydrogen-bond donors (Lipinski definition) is 1. The Morgan fingerprint density at radius 3 is 2.64 bits per heavy atom. The Morgan fingerprint density at radius 2 is 1.94 bits per heavy atom. The topological polar surface area (TPSA) is 114 Å². The minimum Gasteiger partial charge on any atom is -0.469 e. The lowest BCUT2D eigenvalue weighted by Crippen LogP contribution is -2.39. The number of fused-ring (bicyclic) bond motifs is 1. The number of methoxy groups -OCH3 is 1. The molecule has 2 aromatic carbocycles. The Labute approximate surface area is 188 Å². The van der Waals surface area contributed by atoms with Crippen molar-refractivity contribution in [3.63, 3.8) is 0 Å². The van der Waals surface area contributed by atoms with E-state index in [1.165, 1.54) is 13.2 Å². The third-order valence-electron chi connectivity index (χ3n) is 5.70. The van der Waals surface area contributed by atoms with Crippen molar-refractivity contribution in [2.75, 3.05) is 7.11 Å². The maximum atomic E-state index is 14.9. The molecule has 1 aliphatic rings. The number of benzene rings is 2. The molecule has 0 saturated heterocycles. The smallest absolute Gasteiger partial charge is 0.316 e. The van der Waals surface area contributed by atoms with Gasteiger partial charge in [-0.1, -0.05) is 6.07 Å². The molecule has 0 atom stereocenters. The van der Waals surface area contributed by atoms with Crippen molar-refractivity contribution in [2.45, 2.75) is 18.9 Å². The molecule has 0 amide bonds. The van der Waals surface area contributed by atoms with E-state index >= 15 is 0 Å². The molecule has 5 rings (SSSR count). The molecule has 0 aliphatic heterocycles. The number of nitrogens with one attached hydrogen (secondary N) is 1. The first-order valence-electron chi connectivity index (χ1n) is 10.3. The van der Waals surface area contributed by atoms with Gasteiger partial charge in [-0.05, 0) is 48.7 Å². The minimum atomic E-state index is -0.448. The van der Waals surface area contributed by atoms with Gasteiger partial charge in [-0.15, -0.1) is 0 Å². The summed E-state index contributed by atoms with van der Waals surface area (Å²) >= 11 is 0. The first-order valence-corrected chi connectivity index (χ1v) is 10.3. The molecule has 1 fully saturated rings. The van der Waals surface area contributed by atoms with Crippen LogP contribution in [0.25, 0.3) is 33.5 Å². The molecule has 164 valence electrons. The van der Waals surface area contributed by atoms with E-state index in [2.05, 4.69) is 26.0 Å². The average molecular weight is 443 g/mol. The standard InChI is InChI=1S/C24H18FN5O3/c1-32-23(31)15-7-17(8-15)33-24-27-11-16(12-28-24)14-3-4-18(19(25)9-14)22-29-20-5-2-13(10-26)6-21(20)30-22/h2-6,9,11-12,15,17H,7-8H2,1H3,(H,29,30). The normalized spacial score (nSPS) is 17.2. The van der Waals surface area contributed by atoms with Gasteiger partial charge in [0.25, 0.3) is 0 Å². The summed E-state index contributed by atoms with van der Waals surface area (Å²) in [6.07, 6.45) is 4.16. The van der Waals surface area contributed by atoms with Crippen molar-refractivity contribution in [2.24, 2.45) is 5.92 Å². The number of aromatic nitrogens is 4. The van der Waals surface area contributed by atoms with Crippen LogP contribution >= 0.6 is 0 Å². The maximum absolute atomic E-state index is 14.9. The van der Waals surface area contributed by atoms with Gasteiger partial charge in [0.1, 0.15) is 17.7 Å². The molecule has 9 heteroatoms. The number of imidazole rings is 1. The van der Waals surface area contributed by atoms with Gasteiger partial charge in [0, 0.05) is 18.0 Å². The van der Waals surface area contributed by atoms with E-state index in [1.807, 2.05) is 0 Å². The Bertz CT molecular complexity index is 1390. The van der Waals surface area contributed by atoms with Crippen molar-refractivity contribution in [1.29, 1.82) is 5.26 Å². The molecule has 0 unspecified atom stereocenters.